The Hall–Kier alpha value is -0.900. The maximum absolute atomic E-state index is 9.12. The number of benzene rings is 1. The van der Waals surface area contributed by atoms with Crippen molar-refractivity contribution in [3.8, 4) is 0 Å². The number of hydrogen-bond acceptors (Lipinski definition) is 3. The van der Waals surface area contributed by atoms with E-state index in [0.29, 0.717) is 0 Å². The van der Waals surface area contributed by atoms with Crippen molar-refractivity contribution in [3.63, 3.8) is 0 Å². The minimum atomic E-state index is -0.00432. The molecule has 0 spiro atoms. The number of hydrogen-bond donors (Lipinski definition) is 3. The van der Waals surface area contributed by atoms with Crippen LogP contribution < -0.4 is 5.32 Å². The van der Waals surface area contributed by atoms with Gasteiger partial charge in [0.15, 0.2) is 0 Å². The van der Waals surface area contributed by atoms with Gasteiger partial charge in [-0.15, -0.1) is 0 Å². The van der Waals surface area contributed by atoms with Gasteiger partial charge >= 0.3 is 0 Å². The van der Waals surface area contributed by atoms with Crippen LogP contribution in [0.4, 0.5) is 0 Å². The number of rotatable bonds is 5. The van der Waals surface area contributed by atoms with Crippen LogP contribution in [0.5, 0.6) is 0 Å². The quantitative estimate of drug-likeness (QED) is 0.669. The van der Waals surface area contributed by atoms with Crippen LogP contribution in [0.2, 0.25) is 0 Å². The number of aliphatic hydroxyl groups excluding tert-OH is 2. The Labute approximate surface area is 89.8 Å². The van der Waals surface area contributed by atoms with Gasteiger partial charge in [0.05, 0.1) is 13.2 Å². The van der Waals surface area contributed by atoms with Crippen molar-refractivity contribution in [2.24, 2.45) is 0 Å². The van der Waals surface area contributed by atoms with E-state index in [-0.39, 0.29) is 18.8 Å². The summed E-state index contributed by atoms with van der Waals surface area (Å²) in [6.07, 6.45) is 2.14. The van der Waals surface area contributed by atoms with Gasteiger partial charge in [0.2, 0.25) is 0 Å². The predicted octanol–water partition coefficient (Wildman–Crippen LogP) is 0.793. The molecular formula is C12H17NO2. The van der Waals surface area contributed by atoms with E-state index in [0.717, 1.165) is 24.9 Å². The third-order valence-corrected chi connectivity index (χ3v) is 3.03. The van der Waals surface area contributed by atoms with E-state index < -0.39 is 0 Å². The molecule has 1 aromatic carbocycles. The molecule has 3 nitrogen and oxygen atoms in total. The molecule has 0 heterocycles. The molecule has 3 heteroatoms. The van der Waals surface area contributed by atoms with E-state index in [1.807, 2.05) is 24.3 Å². The van der Waals surface area contributed by atoms with Crippen LogP contribution in [-0.4, -0.2) is 22.4 Å². The van der Waals surface area contributed by atoms with Crippen molar-refractivity contribution in [1.29, 1.82) is 0 Å². The van der Waals surface area contributed by atoms with Crippen LogP contribution in [0.25, 0.3) is 0 Å². The molecule has 1 aliphatic rings. The molecule has 82 valence electrons. The van der Waals surface area contributed by atoms with Crippen LogP contribution in [0.15, 0.2) is 24.3 Å². The Balaban J connectivity index is 1.88. The maximum Gasteiger partial charge on any atom is 0.0681 e. The molecule has 0 atom stereocenters. The Kier molecular flexibility index (Phi) is 3.05. The van der Waals surface area contributed by atoms with Gasteiger partial charge in [0.25, 0.3) is 0 Å². The highest BCUT2D eigenvalue weighted by Gasteiger charge is 2.41. The molecule has 0 saturated heterocycles. The zero-order valence-corrected chi connectivity index (χ0v) is 8.74. The first kappa shape index (κ1) is 10.6. The fourth-order valence-corrected chi connectivity index (χ4v) is 1.59. The molecule has 2 rings (SSSR count). The fraction of sp³-hybridized carbons (Fsp3) is 0.500. The van der Waals surface area contributed by atoms with Crippen LogP contribution in [0.3, 0.4) is 0 Å². The first-order chi connectivity index (χ1) is 7.28. The summed E-state index contributed by atoms with van der Waals surface area (Å²) in [6.45, 7) is 1.10. The molecule has 1 saturated carbocycles. The highest BCUT2D eigenvalue weighted by atomic mass is 16.3. The van der Waals surface area contributed by atoms with E-state index in [2.05, 4.69) is 5.32 Å². The van der Waals surface area contributed by atoms with Gasteiger partial charge in [-0.05, 0) is 24.0 Å². The molecule has 0 radical (unpaired) electrons. The van der Waals surface area contributed by atoms with E-state index in [1.54, 1.807) is 0 Å². The second-order valence-corrected chi connectivity index (χ2v) is 4.27. The Morgan fingerprint density at radius 1 is 1.07 bits per heavy atom. The van der Waals surface area contributed by atoms with Crippen molar-refractivity contribution in [2.75, 3.05) is 6.61 Å². The van der Waals surface area contributed by atoms with Crippen LogP contribution in [0.1, 0.15) is 24.0 Å². The highest BCUT2D eigenvalue weighted by Crippen LogP contribution is 2.34. The average Bonchev–Trinajstić information content (AvgIpc) is 3.08. The lowest BCUT2D eigenvalue weighted by molar-refractivity contribution is 0.229. The molecule has 1 aromatic rings. The predicted molar refractivity (Wildman–Crippen MR) is 58.3 cm³/mol. The van der Waals surface area contributed by atoms with E-state index >= 15 is 0 Å². The summed E-state index contributed by atoms with van der Waals surface area (Å²) in [5.74, 6) is 0. The lowest BCUT2D eigenvalue weighted by Crippen LogP contribution is -2.34. The molecule has 0 aromatic heterocycles. The van der Waals surface area contributed by atoms with E-state index in [1.165, 1.54) is 5.56 Å². The summed E-state index contributed by atoms with van der Waals surface area (Å²) in [5.41, 5.74) is 2.12. The second-order valence-electron chi connectivity index (χ2n) is 4.27. The van der Waals surface area contributed by atoms with Gasteiger partial charge in [-0.1, -0.05) is 24.3 Å². The largest absolute Gasteiger partial charge is 0.394 e. The molecule has 0 amide bonds. The standard InChI is InChI=1S/C12H17NO2/c14-8-11-3-1-10(2-4-11)7-13-12(9-15)5-6-12/h1-4,13-15H,5-9H2. The summed E-state index contributed by atoms with van der Waals surface area (Å²) in [6, 6.07) is 7.86. The topological polar surface area (TPSA) is 52.5 Å². The Morgan fingerprint density at radius 2 is 1.67 bits per heavy atom. The van der Waals surface area contributed by atoms with Crippen molar-refractivity contribution >= 4 is 0 Å². The molecule has 3 N–H and O–H groups in total. The Bertz CT molecular complexity index is 317. The zero-order valence-electron chi connectivity index (χ0n) is 8.74. The first-order valence-corrected chi connectivity index (χ1v) is 5.33. The normalized spacial score (nSPS) is 17.7. The summed E-state index contributed by atoms with van der Waals surface area (Å²) in [7, 11) is 0. The summed E-state index contributed by atoms with van der Waals surface area (Å²) in [5, 5.41) is 21.4. The summed E-state index contributed by atoms with van der Waals surface area (Å²) >= 11 is 0. The molecule has 0 bridgehead atoms. The van der Waals surface area contributed by atoms with Crippen LogP contribution in [0, 0.1) is 0 Å². The second kappa shape index (κ2) is 4.31. The Morgan fingerprint density at radius 3 is 2.13 bits per heavy atom. The first-order valence-electron chi connectivity index (χ1n) is 5.33. The smallest absolute Gasteiger partial charge is 0.0681 e. The number of nitrogens with one attached hydrogen (secondary N) is 1. The monoisotopic (exact) mass is 207 g/mol. The van der Waals surface area contributed by atoms with Crippen LogP contribution >= 0.6 is 0 Å². The van der Waals surface area contributed by atoms with Gasteiger partial charge < -0.3 is 15.5 Å². The minimum Gasteiger partial charge on any atom is -0.394 e. The SMILES string of the molecule is OCc1ccc(CNC2(CO)CC2)cc1. The zero-order chi connectivity index (χ0) is 10.7. The lowest BCUT2D eigenvalue weighted by atomic mass is 10.1. The molecule has 0 unspecified atom stereocenters. The summed E-state index contributed by atoms with van der Waals surface area (Å²) in [4.78, 5) is 0. The van der Waals surface area contributed by atoms with Gasteiger partial charge in [0.1, 0.15) is 0 Å². The van der Waals surface area contributed by atoms with Crippen LogP contribution in [-0.2, 0) is 13.2 Å². The average molecular weight is 207 g/mol. The van der Waals surface area contributed by atoms with E-state index in [9.17, 15) is 0 Å². The van der Waals surface area contributed by atoms with Crippen molar-refractivity contribution in [2.45, 2.75) is 31.5 Å². The summed E-state index contributed by atoms with van der Waals surface area (Å²) < 4.78 is 0. The molecule has 15 heavy (non-hydrogen) atoms. The molecule has 1 fully saturated rings. The van der Waals surface area contributed by atoms with Crippen molar-refractivity contribution in [3.05, 3.63) is 35.4 Å². The van der Waals surface area contributed by atoms with Gasteiger partial charge in [0, 0.05) is 12.1 Å². The van der Waals surface area contributed by atoms with Crippen molar-refractivity contribution in [1.82, 2.24) is 5.32 Å². The minimum absolute atomic E-state index is 0.00432. The van der Waals surface area contributed by atoms with E-state index in [4.69, 9.17) is 10.2 Å². The highest BCUT2D eigenvalue weighted by molar-refractivity contribution is 5.22. The number of aliphatic hydroxyl groups is 2. The van der Waals surface area contributed by atoms with Gasteiger partial charge in [-0.2, -0.15) is 0 Å². The maximum atomic E-state index is 9.12. The molecular weight excluding hydrogens is 190 g/mol. The molecule has 1 aliphatic carbocycles. The lowest BCUT2D eigenvalue weighted by Gasteiger charge is -2.14. The molecule has 0 aliphatic heterocycles. The van der Waals surface area contributed by atoms with Gasteiger partial charge in [-0.3, -0.25) is 0 Å². The van der Waals surface area contributed by atoms with Gasteiger partial charge in [-0.25, -0.2) is 0 Å². The third kappa shape index (κ3) is 2.56. The van der Waals surface area contributed by atoms with Crippen molar-refractivity contribution < 1.29 is 10.2 Å². The fourth-order valence-electron chi connectivity index (χ4n) is 1.59. The third-order valence-electron chi connectivity index (χ3n) is 3.03.